The molecule has 0 saturated heterocycles. The fourth-order valence-corrected chi connectivity index (χ4v) is 0.227. The molecule has 9 heavy (non-hydrogen) atoms. The maximum atomic E-state index is 11.4. The van der Waals surface area contributed by atoms with E-state index in [4.69, 9.17) is 0 Å². The van der Waals surface area contributed by atoms with Gasteiger partial charge in [0.25, 0.3) is 0 Å². The summed E-state index contributed by atoms with van der Waals surface area (Å²) in [6.07, 6.45) is -5.52. The van der Waals surface area contributed by atoms with Crippen molar-refractivity contribution in [1.29, 1.82) is 0 Å². The lowest BCUT2D eigenvalue weighted by Crippen LogP contribution is -2.37. The van der Waals surface area contributed by atoms with Crippen LogP contribution in [0.1, 0.15) is 0 Å². The molecule has 0 radical (unpaired) electrons. The third-order valence-corrected chi connectivity index (χ3v) is 0.918. The second-order valence-corrected chi connectivity index (χ2v) is 1.60. The minimum absolute atomic E-state index is 1.73. The molecular formula is C3H2ClF5. The first kappa shape index (κ1) is 8.94. The summed E-state index contributed by atoms with van der Waals surface area (Å²) in [6.45, 7) is 0. The van der Waals surface area contributed by atoms with Crippen LogP contribution in [0.3, 0.4) is 0 Å². The Balaban J connectivity index is 4.14. The number of hydrogen-bond donors (Lipinski definition) is 0. The van der Waals surface area contributed by atoms with Crippen LogP contribution in [0.4, 0.5) is 22.0 Å². The van der Waals surface area contributed by atoms with Gasteiger partial charge in [0.15, 0.2) is 0 Å². The minimum atomic E-state index is -5.52. The molecule has 0 heterocycles. The second kappa shape index (κ2) is 2.28. The normalized spacial score (nSPS) is 14.0. The van der Waals surface area contributed by atoms with E-state index in [9.17, 15) is 22.0 Å². The minimum Gasteiger partial charge on any atom is -0.195 e. The van der Waals surface area contributed by atoms with E-state index in [0.29, 0.717) is 0 Å². The van der Waals surface area contributed by atoms with Crippen LogP contribution in [0.5, 0.6) is 0 Å². The Bertz CT molecular complexity index is 94.9. The fraction of sp³-hybridized carbons (Fsp3) is 1.00. The van der Waals surface area contributed by atoms with Crippen molar-refractivity contribution in [3.05, 3.63) is 0 Å². The molecule has 56 valence electrons. The van der Waals surface area contributed by atoms with Crippen LogP contribution in [0.15, 0.2) is 0 Å². The Kier molecular flexibility index (Phi) is 2.27. The molecule has 6 heteroatoms. The van der Waals surface area contributed by atoms with Crippen molar-refractivity contribution in [3.63, 3.8) is 0 Å². The van der Waals surface area contributed by atoms with Crippen LogP contribution in [-0.4, -0.2) is 18.0 Å². The highest BCUT2D eigenvalue weighted by Crippen LogP contribution is 2.35. The van der Waals surface area contributed by atoms with E-state index >= 15 is 0 Å². The molecule has 0 N–H and O–H groups in total. The summed E-state index contributed by atoms with van der Waals surface area (Å²) >= 11 is 4.31. The molecule has 0 fully saturated rings. The van der Waals surface area contributed by atoms with Gasteiger partial charge < -0.3 is 0 Å². The average molecular weight is 168 g/mol. The summed E-state index contributed by atoms with van der Waals surface area (Å²) in [5, 5.41) is 0. The van der Waals surface area contributed by atoms with E-state index in [1.807, 2.05) is 0 Å². The summed E-state index contributed by atoms with van der Waals surface area (Å²) < 4.78 is 55.8. The molecule has 0 nitrogen and oxygen atoms in total. The van der Waals surface area contributed by atoms with Crippen molar-refractivity contribution in [1.82, 2.24) is 0 Å². The lowest BCUT2D eigenvalue weighted by Gasteiger charge is -2.15. The lowest BCUT2D eigenvalue weighted by atomic mass is 10.4. The predicted molar refractivity (Wildman–Crippen MR) is 21.7 cm³/mol. The van der Waals surface area contributed by atoms with Crippen LogP contribution in [0.25, 0.3) is 0 Å². The van der Waals surface area contributed by atoms with Gasteiger partial charge in [-0.25, -0.2) is 0 Å². The number of alkyl halides is 6. The maximum Gasteiger partial charge on any atom is 0.454 e. The summed E-state index contributed by atoms with van der Waals surface area (Å²) in [5.74, 6) is -6.48. The Hall–Kier alpha value is -0.0600. The van der Waals surface area contributed by atoms with Crippen molar-refractivity contribution in [2.45, 2.75) is 12.1 Å². The van der Waals surface area contributed by atoms with Crippen molar-refractivity contribution < 1.29 is 22.0 Å². The van der Waals surface area contributed by atoms with Gasteiger partial charge in [0.1, 0.15) is 0 Å². The molecule has 0 aromatic heterocycles. The molecule has 0 amide bonds. The van der Waals surface area contributed by atoms with Crippen LogP contribution in [0.2, 0.25) is 0 Å². The van der Waals surface area contributed by atoms with Gasteiger partial charge in [0.05, 0.1) is 5.88 Å². The highest BCUT2D eigenvalue weighted by atomic mass is 35.5. The van der Waals surface area contributed by atoms with Gasteiger partial charge in [-0.1, -0.05) is 0 Å². The summed E-state index contributed by atoms with van der Waals surface area (Å²) in [4.78, 5) is 0. The standard InChI is InChI=1S/C3H2ClF5/c4-1-2(5,6)3(7,8)9/h1H2. The molecule has 0 aromatic rings. The third-order valence-electron chi connectivity index (χ3n) is 0.583. The zero-order chi connectivity index (χ0) is 7.71. The molecule has 0 atom stereocenters. The molecule has 0 saturated carbocycles. The van der Waals surface area contributed by atoms with Crippen molar-refractivity contribution in [2.24, 2.45) is 0 Å². The van der Waals surface area contributed by atoms with Crippen LogP contribution in [0, 0.1) is 0 Å². The van der Waals surface area contributed by atoms with Crippen LogP contribution < -0.4 is 0 Å². The molecule has 0 aliphatic carbocycles. The van der Waals surface area contributed by atoms with Crippen molar-refractivity contribution >= 4 is 11.6 Å². The number of hydrogen-bond acceptors (Lipinski definition) is 0. The Labute approximate surface area is 52.6 Å². The van der Waals surface area contributed by atoms with Crippen molar-refractivity contribution in [2.75, 3.05) is 5.88 Å². The Morgan fingerprint density at radius 1 is 1.00 bits per heavy atom. The van der Waals surface area contributed by atoms with Gasteiger partial charge >= 0.3 is 12.1 Å². The third kappa shape index (κ3) is 1.97. The van der Waals surface area contributed by atoms with Crippen LogP contribution in [-0.2, 0) is 0 Å². The highest BCUT2D eigenvalue weighted by molar-refractivity contribution is 6.18. The van der Waals surface area contributed by atoms with Gasteiger partial charge in [-0.2, -0.15) is 22.0 Å². The van der Waals surface area contributed by atoms with E-state index in [1.54, 1.807) is 0 Å². The first-order valence-corrected chi connectivity index (χ1v) is 2.35. The topological polar surface area (TPSA) is 0 Å². The first-order chi connectivity index (χ1) is 3.81. The van der Waals surface area contributed by atoms with Crippen molar-refractivity contribution in [3.8, 4) is 0 Å². The summed E-state index contributed by atoms with van der Waals surface area (Å²) in [5.41, 5.74) is 0. The van der Waals surface area contributed by atoms with E-state index in [-0.39, 0.29) is 0 Å². The Morgan fingerprint density at radius 3 is 1.33 bits per heavy atom. The van der Waals surface area contributed by atoms with E-state index in [1.165, 1.54) is 0 Å². The molecule has 0 spiro atoms. The molecular weight excluding hydrogens is 166 g/mol. The quantitative estimate of drug-likeness (QED) is 0.417. The maximum absolute atomic E-state index is 11.4. The monoisotopic (exact) mass is 168 g/mol. The van der Waals surface area contributed by atoms with Gasteiger partial charge in [0.2, 0.25) is 0 Å². The summed E-state index contributed by atoms with van der Waals surface area (Å²) in [7, 11) is 0. The fourth-order valence-electron chi connectivity index (χ4n) is 0.0758. The second-order valence-electron chi connectivity index (χ2n) is 1.34. The lowest BCUT2D eigenvalue weighted by molar-refractivity contribution is -0.271. The molecule has 0 rings (SSSR count). The van der Waals surface area contributed by atoms with E-state index in [0.717, 1.165) is 0 Å². The SMILES string of the molecule is FC(F)(F)C(F)(F)CCl. The average Bonchev–Trinajstić information content (AvgIpc) is 1.64. The van der Waals surface area contributed by atoms with Gasteiger partial charge in [-0.15, -0.1) is 11.6 Å². The highest BCUT2D eigenvalue weighted by Gasteiger charge is 2.56. The summed E-state index contributed by atoms with van der Waals surface area (Å²) in [6, 6.07) is 0. The molecule has 0 aliphatic rings. The molecule has 0 aromatic carbocycles. The number of halogens is 6. The zero-order valence-electron chi connectivity index (χ0n) is 3.97. The molecule has 0 bridgehead atoms. The van der Waals surface area contributed by atoms with E-state index in [2.05, 4.69) is 11.6 Å². The van der Waals surface area contributed by atoms with E-state index < -0.39 is 18.0 Å². The smallest absolute Gasteiger partial charge is 0.195 e. The Morgan fingerprint density at radius 2 is 1.33 bits per heavy atom. The van der Waals surface area contributed by atoms with Crippen LogP contribution >= 0.6 is 11.6 Å². The predicted octanol–water partition coefficient (Wildman–Crippen LogP) is 2.42. The van der Waals surface area contributed by atoms with Gasteiger partial charge in [0, 0.05) is 0 Å². The first-order valence-electron chi connectivity index (χ1n) is 1.82. The van der Waals surface area contributed by atoms with Gasteiger partial charge in [-0.3, -0.25) is 0 Å². The number of rotatable bonds is 1. The zero-order valence-corrected chi connectivity index (χ0v) is 4.73. The molecule has 0 unspecified atom stereocenters. The molecule has 0 aliphatic heterocycles. The largest absolute Gasteiger partial charge is 0.454 e. The van der Waals surface area contributed by atoms with Gasteiger partial charge in [-0.05, 0) is 0 Å².